The highest BCUT2D eigenvalue weighted by Gasteiger charge is 2.40. The highest BCUT2D eigenvalue weighted by atomic mass is 16.6. The van der Waals surface area contributed by atoms with Crippen LogP contribution in [0.2, 0.25) is 0 Å². The molecule has 1 aliphatic rings. The zero-order valence-electron chi connectivity index (χ0n) is 16.2. The van der Waals surface area contributed by atoms with Gasteiger partial charge in [0.25, 0.3) is 5.89 Å². The van der Waals surface area contributed by atoms with Crippen LogP contribution in [0, 0.1) is 11.8 Å². The third-order valence-corrected chi connectivity index (χ3v) is 4.80. The molecule has 3 heterocycles. The summed E-state index contributed by atoms with van der Waals surface area (Å²) in [5, 5.41) is 6.83. The number of carbonyl (C=O) groups excluding carboxylic acids is 1. The Morgan fingerprint density at radius 1 is 0.903 bits per heavy atom. The van der Waals surface area contributed by atoms with Gasteiger partial charge in [-0.15, -0.1) is 0 Å². The lowest BCUT2D eigenvalue weighted by Gasteiger charge is -2.14. The summed E-state index contributed by atoms with van der Waals surface area (Å²) < 4.78 is 10.9. The number of pyridine rings is 1. The van der Waals surface area contributed by atoms with Crippen molar-refractivity contribution in [2.45, 2.75) is 12.1 Å². The van der Waals surface area contributed by atoms with E-state index in [1.807, 2.05) is 54.6 Å². The van der Waals surface area contributed by atoms with Crippen LogP contribution in [0.25, 0.3) is 11.4 Å². The first-order valence-corrected chi connectivity index (χ1v) is 9.64. The lowest BCUT2D eigenvalue weighted by Crippen LogP contribution is -2.19. The first kappa shape index (κ1) is 18.6. The van der Waals surface area contributed by atoms with E-state index in [9.17, 15) is 4.79 Å². The molecule has 2 atom stereocenters. The number of benzene rings is 2. The fourth-order valence-corrected chi connectivity index (χ4v) is 3.32. The smallest absolute Gasteiger partial charge is 0.408 e. The van der Waals surface area contributed by atoms with Crippen LogP contribution >= 0.6 is 0 Å². The second-order valence-electron chi connectivity index (χ2n) is 6.88. The third-order valence-electron chi connectivity index (χ3n) is 4.80. The Balaban J connectivity index is 1.43. The molecular weight excluding hydrogens is 392 g/mol. The predicted molar refractivity (Wildman–Crippen MR) is 111 cm³/mol. The number of rotatable bonds is 3. The second-order valence-corrected chi connectivity index (χ2v) is 6.88. The normalized spacial score (nSPS) is 17.4. The van der Waals surface area contributed by atoms with E-state index < -0.39 is 18.2 Å². The van der Waals surface area contributed by atoms with E-state index in [1.54, 1.807) is 24.5 Å². The van der Waals surface area contributed by atoms with E-state index in [1.165, 1.54) is 0 Å². The average Bonchev–Trinajstić information content (AvgIpc) is 3.46. The summed E-state index contributed by atoms with van der Waals surface area (Å²) in [6.45, 7) is 0. The monoisotopic (exact) mass is 408 g/mol. The van der Waals surface area contributed by atoms with Gasteiger partial charge in [-0.05, 0) is 42.0 Å². The molecule has 1 fully saturated rings. The largest absolute Gasteiger partial charge is 0.433 e. The van der Waals surface area contributed by atoms with E-state index in [-0.39, 0.29) is 5.89 Å². The van der Waals surface area contributed by atoms with Crippen molar-refractivity contribution in [3.63, 3.8) is 0 Å². The maximum Gasteiger partial charge on any atom is 0.408 e. The van der Waals surface area contributed by atoms with E-state index in [0.29, 0.717) is 5.82 Å². The molecule has 1 saturated heterocycles. The lowest BCUT2D eigenvalue weighted by molar-refractivity contribution is 0.108. The van der Waals surface area contributed by atoms with Gasteiger partial charge in [-0.25, -0.2) is 4.79 Å². The highest BCUT2D eigenvalue weighted by Crippen LogP contribution is 2.36. The zero-order valence-corrected chi connectivity index (χ0v) is 16.2. The number of hydrogen-bond donors (Lipinski definition) is 1. The molecule has 0 radical (unpaired) electrons. The summed E-state index contributed by atoms with van der Waals surface area (Å²) in [5.41, 5.74) is 3.35. The number of aromatic nitrogens is 3. The Bertz CT molecular complexity index is 1280. The second kappa shape index (κ2) is 8.13. The number of nitrogens with zero attached hydrogens (tertiary/aromatic N) is 3. The van der Waals surface area contributed by atoms with Crippen LogP contribution in [-0.2, 0) is 4.74 Å². The van der Waals surface area contributed by atoms with Crippen LogP contribution in [0.15, 0.2) is 83.6 Å². The van der Waals surface area contributed by atoms with Gasteiger partial charge >= 0.3 is 6.09 Å². The summed E-state index contributed by atoms with van der Waals surface area (Å²) in [4.78, 5) is 20.4. The molecule has 5 rings (SSSR count). The maximum absolute atomic E-state index is 12.0. The van der Waals surface area contributed by atoms with E-state index >= 15 is 0 Å². The Kier molecular flexibility index (Phi) is 4.87. The lowest BCUT2D eigenvalue weighted by atomic mass is 10.00. The van der Waals surface area contributed by atoms with Crippen molar-refractivity contribution in [2.75, 3.05) is 0 Å². The number of hydrogen-bond acceptors (Lipinski definition) is 6. The van der Waals surface area contributed by atoms with E-state index in [4.69, 9.17) is 9.26 Å². The van der Waals surface area contributed by atoms with Gasteiger partial charge in [0.15, 0.2) is 0 Å². The Labute approximate surface area is 178 Å². The minimum Gasteiger partial charge on any atom is -0.433 e. The minimum atomic E-state index is -0.743. The van der Waals surface area contributed by atoms with Crippen LogP contribution in [0.4, 0.5) is 4.79 Å². The van der Waals surface area contributed by atoms with Crippen molar-refractivity contribution in [3.05, 3.63) is 102 Å². The molecule has 0 bridgehead atoms. The standard InChI is InChI=1S/C24H16N4O3/c29-24-26-20(19-8-4-7-17(15-19)10-9-16-5-2-1-3-6-16)21(30-24)23-27-22(28-31-23)18-11-13-25-14-12-18/h1-8,11-15,20-21H,(H,26,29)/t20-,21+/m1/s1. The van der Waals surface area contributed by atoms with Crippen molar-refractivity contribution >= 4 is 6.09 Å². The summed E-state index contributed by atoms with van der Waals surface area (Å²) in [5.74, 6) is 6.92. The summed E-state index contributed by atoms with van der Waals surface area (Å²) in [6.07, 6.45) is 2.01. The molecular formula is C24H16N4O3. The number of alkyl carbamates (subject to hydrolysis) is 1. The number of ether oxygens (including phenoxy) is 1. The van der Waals surface area contributed by atoms with Gasteiger partial charge in [-0.3, -0.25) is 4.98 Å². The SMILES string of the molecule is O=C1N[C@H](c2cccc(C#Cc3ccccc3)c2)[C@@H](c2nc(-c3ccncc3)no2)O1. The Morgan fingerprint density at radius 3 is 2.52 bits per heavy atom. The minimum absolute atomic E-state index is 0.218. The fraction of sp³-hybridized carbons (Fsp3) is 0.0833. The third kappa shape index (κ3) is 4.00. The Morgan fingerprint density at radius 2 is 1.68 bits per heavy atom. The molecule has 0 spiro atoms. The number of cyclic esters (lactones) is 1. The Hall–Kier alpha value is -4.44. The molecule has 0 aliphatic carbocycles. The average molecular weight is 408 g/mol. The molecule has 7 heteroatoms. The van der Waals surface area contributed by atoms with Crippen LogP contribution in [0.3, 0.4) is 0 Å². The summed E-state index contributed by atoms with van der Waals surface area (Å²) in [7, 11) is 0. The van der Waals surface area contributed by atoms with Gasteiger partial charge in [-0.2, -0.15) is 4.98 Å². The molecule has 1 amide bonds. The number of nitrogens with one attached hydrogen (secondary N) is 1. The predicted octanol–water partition coefficient (Wildman–Crippen LogP) is 4.05. The van der Waals surface area contributed by atoms with Gasteiger partial charge in [0, 0.05) is 29.1 Å². The van der Waals surface area contributed by atoms with Gasteiger partial charge in [0.1, 0.15) is 6.04 Å². The molecule has 1 N–H and O–H groups in total. The fourth-order valence-electron chi connectivity index (χ4n) is 3.32. The van der Waals surface area contributed by atoms with Crippen LogP contribution in [0.1, 0.15) is 34.7 Å². The summed E-state index contributed by atoms with van der Waals surface area (Å²) >= 11 is 0. The number of carbonyl (C=O) groups is 1. The molecule has 4 aromatic rings. The molecule has 0 saturated carbocycles. The van der Waals surface area contributed by atoms with Crippen molar-refractivity contribution in [1.29, 1.82) is 0 Å². The van der Waals surface area contributed by atoms with Crippen molar-refractivity contribution < 1.29 is 14.1 Å². The molecule has 1 aliphatic heterocycles. The first-order valence-electron chi connectivity index (χ1n) is 9.64. The molecule has 0 unspecified atom stereocenters. The first-order chi connectivity index (χ1) is 15.3. The number of amides is 1. The van der Waals surface area contributed by atoms with Crippen LogP contribution in [0.5, 0.6) is 0 Å². The molecule has 7 nitrogen and oxygen atoms in total. The highest BCUT2D eigenvalue weighted by molar-refractivity contribution is 5.71. The topological polar surface area (TPSA) is 90.1 Å². The van der Waals surface area contributed by atoms with Gasteiger partial charge in [0.2, 0.25) is 11.9 Å². The van der Waals surface area contributed by atoms with E-state index in [0.717, 1.165) is 22.3 Å². The molecule has 2 aromatic carbocycles. The molecule has 150 valence electrons. The van der Waals surface area contributed by atoms with Crippen molar-refractivity contribution in [1.82, 2.24) is 20.4 Å². The van der Waals surface area contributed by atoms with Gasteiger partial charge < -0.3 is 14.6 Å². The maximum atomic E-state index is 12.0. The molecule has 2 aromatic heterocycles. The van der Waals surface area contributed by atoms with Gasteiger partial charge in [-0.1, -0.05) is 47.3 Å². The van der Waals surface area contributed by atoms with E-state index in [2.05, 4.69) is 32.3 Å². The quantitative estimate of drug-likeness (QED) is 0.514. The van der Waals surface area contributed by atoms with Crippen molar-refractivity contribution in [3.8, 4) is 23.2 Å². The molecule has 31 heavy (non-hydrogen) atoms. The van der Waals surface area contributed by atoms with Gasteiger partial charge in [0.05, 0.1) is 0 Å². The van der Waals surface area contributed by atoms with Crippen LogP contribution in [-0.4, -0.2) is 21.2 Å². The van der Waals surface area contributed by atoms with Crippen molar-refractivity contribution in [2.24, 2.45) is 0 Å². The van der Waals surface area contributed by atoms with Crippen LogP contribution < -0.4 is 5.32 Å². The zero-order chi connectivity index (χ0) is 21.0. The summed E-state index contributed by atoms with van der Waals surface area (Å²) in [6, 6.07) is 20.5.